The van der Waals surface area contributed by atoms with Gasteiger partial charge in [-0.25, -0.2) is 10.2 Å². The summed E-state index contributed by atoms with van der Waals surface area (Å²) in [6.07, 6.45) is 1.59. The maximum atomic E-state index is 11.0. The third-order valence-corrected chi connectivity index (χ3v) is 4.10. The van der Waals surface area contributed by atoms with Crippen molar-refractivity contribution >= 4 is 12.3 Å². The van der Waals surface area contributed by atoms with E-state index in [2.05, 4.69) is 35.2 Å². The Bertz CT molecular complexity index is 820. The first-order chi connectivity index (χ1) is 13.5. The highest BCUT2D eigenvalue weighted by Crippen LogP contribution is 2.27. The maximum absolute atomic E-state index is 11.0. The maximum Gasteiger partial charge on any atom is 0.427 e. The molecule has 0 saturated carbocycles. The van der Waals surface area contributed by atoms with Gasteiger partial charge in [0.05, 0.1) is 33.6 Å². The average molecular weight is 386 g/mol. The van der Waals surface area contributed by atoms with E-state index in [0.717, 1.165) is 23.3 Å². The average Bonchev–Trinajstić information content (AvgIpc) is 2.71. The zero-order chi connectivity index (χ0) is 20.4. The minimum Gasteiger partial charge on any atom is -0.493 e. The quantitative estimate of drug-likeness (QED) is 0.402. The Morgan fingerprint density at radius 1 is 1.04 bits per heavy atom. The number of nitrogens with zero attached hydrogens (tertiary/aromatic N) is 1. The Balaban J connectivity index is 1.83. The van der Waals surface area contributed by atoms with Gasteiger partial charge in [-0.05, 0) is 54.8 Å². The van der Waals surface area contributed by atoms with E-state index >= 15 is 0 Å². The van der Waals surface area contributed by atoms with Crippen LogP contribution in [0.3, 0.4) is 0 Å². The molecule has 0 aromatic heterocycles. The van der Waals surface area contributed by atoms with E-state index in [4.69, 9.17) is 14.2 Å². The van der Waals surface area contributed by atoms with E-state index < -0.39 is 6.09 Å². The third kappa shape index (κ3) is 6.19. The predicted molar refractivity (Wildman–Crippen MR) is 108 cm³/mol. The summed E-state index contributed by atoms with van der Waals surface area (Å²) in [5.74, 6) is 2.12. The molecule has 2 aromatic carbocycles. The number of carbonyl (C=O) groups is 1. The van der Waals surface area contributed by atoms with Crippen LogP contribution in [-0.2, 0) is 4.74 Å². The Morgan fingerprint density at radius 2 is 1.79 bits per heavy atom. The number of hydrogen-bond acceptors (Lipinski definition) is 6. The third-order valence-electron chi connectivity index (χ3n) is 4.10. The van der Waals surface area contributed by atoms with Crippen molar-refractivity contribution in [2.24, 2.45) is 5.10 Å². The van der Waals surface area contributed by atoms with Gasteiger partial charge in [0.25, 0.3) is 0 Å². The minimum atomic E-state index is -0.633. The van der Waals surface area contributed by atoms with Crippen molar-refractivity contribution in [2.75, 3.05) is 27.4 Å². The van der Waals surface area contributed by atoms with E-state index in [1.165, 1.54) is 18.9 Å². The molecule has 0 aliphatic heterocycles. The molecule has 0 heterocycles. The monoisotopic (exact) mass is 386 g/mol. The van der Waals surface area contributed by atoms with Gasteiger partial charge < -0.3 is 18.9 Å². The van der Waals surface area contributed by atoms with Gasteiger partial charge in [-0.15, -0.1) is 0 Å². The molecule has 28 heavy (non-hydrogen) atoms. The normalized spacial score (nSPS) is 10.6. The number of amides is 1. The summed E-state index contributed by atoms with van der Waals surface area (Å²) in [7, 11) is 2.84. The van der Waals surface area contributed by atoms with Crippen LogP contribution in [0, 0.1) is 13.8 Å². The van der Waals surface area contributed by atoms with Crippen LogP contribution in [0.25, 0.3) is 0 Å². The number of carbonyl (C=O) groups excluding carboxylic acids is 1. The number of nitrogens with one attached hydrogen (secondary N) is 1. The first-order valence-corrected chi connectivity index (χ1v) is 8.92. The van der Waals surface area contributed by atoms with E-state index in [1.54, 1.807) is 19.2 Å². The van der Waals surface area contributed by atoms with Gasteiger partial charge >= 0.3 is 6.09 Å². The van der Waals surface area contributed by atoms with Gasteiger partial charge in [0.15, 0.2) is 11.5 Å². The highest BCUT2D eigenvalue weighted by molar-refractivity contribution is 5.82. The van der Waals surface area contributed by atoms with E-state index in [9.17, 15) is 4.79 Å². The van der Waals surface area contributed by atoms with Crippen LogP contribution < -0.4 is 19.6 Å². The molecule has 0 spiro atoms. The molecule has 0 bridgehead atoms. The van der Waals surface area contributed by atoms with Crippen molar-refractivity contribution in [3.8, 4) is 17.2 Å². The fourth-order valence-electron chi connectivity index (χ4n) is 2.39. The largest absolute Gasteiger partial charge is 0.493 e. The molecule has 7 heteroatoms. The zero-order valence-electron chi connectivity index (χ0n) is 16.7. The Hall–Kier alpha value is -3.22. The number of methoxy groups -OCH3 is 2. The van der Waals surface area contributed by atoms with Gasteiger partial charge in [0.2, 0.25) is 0 Å². The lowest BCUT2D eigenvalue weighted by Gasteiger charge is -2.13. The Labute approximate surface area is 165 Å². The first kappa shape index (κ1) is 21.1. The summed E-state index contributed by atoms with van der Waals surface area (Å²) in [5, 5.41) is 3.78. The van der Waals surface area contributed by atoms with Crippen molar-refractivity contribution in [2.45, 2.75) is 20.3 Å². The first-order valence-electron chi connectivity index (χ1n) is 8.92. The zero-order valence-corrected chi connectivity index (χ0v) is 16.7. The van der Waals surface area contributed by atoms with Crippen LogP contribution in [0.4, 0.5) is 4.79 Å². The molecular formula is C21H26N2O5. The molecule has 0 atom stereocenters. The van der Waals surface area contributed by atoms with Crippen molar-refractivity contribution in [1.82, 2.24) is 5.43 Å². The smallest absolute Gasteiger partial charge is 0.427 e. The number of benzene rings is 2. The highest BCUT2D eigenvalue weighted by atomic mass is 16.5. The molecule has 0 fully saturated rings. The summed E-state index contributed by atoms with van der Waals surface area (Å²) in [6.45, 7) is 5.18. The van der Waals surface area contributed by atoms with Crippen molar-refractivity contribution in [3.05, 3.63) is 53.1 Å². The molecule has 2 aromatic rings. The second-order valence-electron chi connectivity index (χ2n) is 6.02. The topological polar surface area (TPSA) is 78.4 Å². The Kier molecular flexibility index (Phi) is 8.14. The van der Waals surface area contributed by atoms with Crippen LogP contribution >= 0.6 is 0 Å². The SMILES string of the molecule is COC(=O)NN=Cc1ccc(OCCCOc2cccc(C)c2C)c(OC)c1. The van der Waals surface area contributed by atoms with Gasteiger partial charge in [-0.3, -0.25) is 0 Å². The summed E-state index contributed by atoms with van der Waals surface area (Å²) in [6, 6.07) is 11.4. The van der Waals surface area contributed by atoms with Crippen LogP contribution in [0.2, 0.25) is 0 Å². The van der Waals surface area contributed by atoms with Gasteiger partial charge in [-0.1, -0.05) is 12.1 Å². The summed E-state index contributed by atoms with van der Waals surface area (Å²) < 4.78 is 21.4. The number of hydrogen-bond donors (Lipinski definition) is 1. The fraction of sp³-hybridized carbons (Fsp3) is 0.333. The molecular weight excluding hydrogens is 360 g/mol. The molecule has 0 aliphatic rings. The molecule has 0 radical (unpaired) electrons. The molecule has 1 amide bonds. The predicted octanol–water partition coefficient (Wildman–Crippen LogP) is 3.85. The second-order valence-corrected chi connectivity index (χ2v) is 6.02. The van der Waals surface area contributed by atoms with Gasteiger partial charge in [0, 0.05) is 6.42 Å². The Morgan fingerprint density at radius 3 is 2.50 bits per heavy atom. The molecule has 0 unspecified atom stereocenters. The highest BCUT2D eigenvalue weighted by Gasteiger charge is 2.06. The fourth-order valence-corrected chi connectivity index (χ4v) is 2.39. The number of ether oxygens (including phenoxy) is 4. The molecule has 150 valence electrons. The lowest BCUT2D eigenvalue weighted by atomic mass is 10.1. The van der Waals surface area contributed by atoms with Crippen LogP contribution in [-0.4, -0.2) is 39.7 Å². The number of hydrazone groups is 1. The molecule has 0 aliphatic carbocycles. The van der Waals surface area contributed by atoms with Gasteiger partial charge in [-0.2, -0.15) is 5.10 Å². The summed E-state index contributed by atoms with van der Waals surface area (Å²) in [5.41, 5.74) is 5.34. The molecule has 0 saturated heterocycles. The number of rotatable bonds is 9. The summed E-state index contributed by atoms with van der Waals surface area (Å²) in [4.78, 5) is 11.0. The summed E-state index contributed by atoms with van der Waals surface area (Å²) >= 11 is 0. The van der Waals surface area contributed by atoms with Crippen LogP contribution in [0.1, 0.15) is 23.1 Å². The lowest BCUT2D eigenvalue weighted by Crippen LogP contribution is -2.16. The van der Waals surface area contributed by atoms with E-state index in [-0.39, 0.29) is 0 Å². The van der Waals surface area contributed by atoms with Crippen molar-refractivity contribution < 1.29 is 23.7 Å². The second kappa shape index (κ2) is 10.8. The van der Waals surface area contributed by atoms with Crippen molar-refractivity contribution in [3.63, 3.8) is 0 Å². The van der Waals surface area contributed by atoms with Crippen molar-refractivity contribution in [1.29, 1.82) is 0 Å². The molecule has 2 rings (SSSR count). The van der Waals surface area contributed by atoms with Crippen LogP contribution in [0.5, 0.6) is 17.2 Å². The standard InChI is InChI=1S/C21H26N2O5/c1-15-7-5-8-18(16(15)2)27-11-6-12-28-19-10-9-17(13-20(19)25-3)14-22-23-21(24)26-4/h5,7-10,13-14H,6,11-12H2,1-4H3,(H,23,24). The van der Waals surface area contributed by atoms with Gasteiger partial charge in [0.1, 0.15) is 5.75 Å². The number of aryl methyl sites for hydroxylation is 1. The lowest BCUT2D eigenvalue weighted by molar-refractivity contribution is 0.171. The molecule has 7 nitrogen and oxygen atoms in total. The molecule has 1 N–H and O–H groups in total. The van der Waals surface area contributed by atoms with E-state index in [0.29, 0.717) is 24.7 Å². The minimum absolute atomic E-state index is 0.499. The van der Waals surface area contributed by atoms with E-state index in [1.807, 2.05) is 18.2 Å². The van der Waals surface area contributed by atoms with Crippen LogP contribution in [0.15, 0.2) is 41.5 Å².